The van der Waals surface area contributed by atoms with Gasteiger partial charge in [0.2, 0.25) is 0 Å². The van der Waals surface area contributed by atoms with Crippen LogP contribution in [-0.2, 0) is 34.5 Å². The molecule has 0 atom stereocenters. The van der Waals surface area contributed by atoms with Crippen LogP contribution in [0.4, 0.5) is 50.5 Å². The first-order valence-electron chi connectivity index (χ1n) is 25.8. The van der Waals surface area contributed by atoms with E-state index in [1.54, 1.807) is 0 Å². The number of rotatable bonds is 5. The van der Waals surface area contributed by atoms with Crippen molar-refractivity contribution in [3.63, 3.8) is 0 Å². The summed E-state index contributed by atoms with van der Waals surface area (Å²) in [4.78, 5) is 7.77. The van der Waals surface area contributed by atoms with Crippen molar-refractivity contribution in [3.05, 3.63) is 191 Å². The molecule has 3 nitrogen and oxygen atoms in total. The van der Waals surface area contributed by atoms with Gasteiger partial charge >= 0.3 is 0 Å². The van der Waals surface area contributed by atoms with Crippen molar-refractivity contribution < 1.29 is 0 Å². The summed E-state index contributed by atoms with van der Waals surface area (Å²) in [5, 5.41) is 5.12. The summed E-state index contributed by atoms with van der Waals surface area (Å²) in [7, 11) is 0. The van der Waals surface area contributed by atoms with Crippen molar-refractivity contribution in [2.24, 2.45) is 0 Å². The van der Waals surface area contributed by atoms with Crippen molar-refractivity contribution >= 4 is 106 Å². The van der Waals surface area contributed by atoms with Gasteiger partial charge in [0.15, 0.2) is 0 Å². The van der Waals surface area contributed by atoms with E-state index in [0.717, 1.165) is 29.9 Å². The average molecular weight is 944 g/mol. The summed E-state index contributed by atoms with van der Waals surface area (Å²) < 4.78 is 1.32. The van der Waals surface area contributed by atoms with E-state index in [9.17, 15) is 0 Å². The third-order valence-electron chi connectivity index (χ3n) is 15.7. The van der Waals surface area contributed by atoms with E-state index in [4.69, 9.17) is 0 Å². The van der Waals surface area contributed by atoms with Gasteiger partial charge in [-0.25, -0.2) is 0 Å². The lowest BCUT2D eigenvalue weighted by Gasteiger charge is -2.44. The van der Waals surface area contributed by atoms with Gasteiger partial charge in [0, 0.05) is 44.5 Å². The predicted molar refractivity (Wildman–Crippen MR) is 310 cm³/mol. The van der Waals surface area contributed by atoms with E-state index in [2.05, 4.69) is 256 Å². The minimum absolute atomic E-state index is 0.0111. The molecular formula is C66H66BN3S. The highest BCUT2D eigenvalue weighted by atomic mass is 32.1. The molecular weight excluding hydrogens is 878 g/mol. The fourth-order valence-electron chi connectivity index (χ4n) is 11.4. The Kier molecular flexibility index (Phi) is 10.3. The number of nitrogens with zero attached hydrogens (tertiary/aromatic N) is 3. The fraction of sp³-hybridized carbons (Fsp3) is 0.273. The smallest absolute Gasteiger partial charge is 0.254 e. The van der Waals surface area contributed by atoms with Crippen LogP contribution in [0.5, 0.6) is 0 Å². The summed E-state index contributed by atoms with van der Waals surface area (Å²) in [6.45, 7) is 28.0. The molecule has 3 aliphatic rings. The molecule has 2 aliphatic heterocycles. The van der Waals surface area contributed by atoms with Gasteiger partial charge in [0.1, 0.15) is 0 Å². The third-order valence-corrected chi connectivity index (χ3v) is 16.9. The molecule has 0 spiro atoms. The molecule has 8 aromatic carbocycles. The lowest BCUT2D eigenvalue weighted by atomic mass is 9.33. The second kappa shape index (κ2) is 16.0. The molecule has 0 fully saturated rings. The van der Waals surface area contributed by atoms with Gasteiger partial charge in [-0.2, -0.15) is 0 Å². The van der Waals surface area contributed by atoms with Gasteiger partial charge in [-0.15, -0.1) is 11.3 Å². The molecule has 1 aromatic heterocycles. The predicted octanol–water partition coefficient (Wildman–Crippen LogP) is 16.9. The van der Waals surface area contributed by atoms with E-state index < -0.39 is 0 Å². The van der Waals surface area contributed by atoms with Crippen molar-refractivity contribution in [1.29, 1.82) is 0 Å². The van der Waals surface area contributed by atoms with Gasteiger partial charge in [0.25, 0.3) is 6.71 Å². The Morgan fingerprint density at radius 1 is 0.423 bits per heavy atom. The zero-order valence-electron chi connectivity index (χ0n) is 43.8. The molecule has 9 aromatic rings. The van der Waals surface area contributed by atoms with Gasteiger partial charge < -0.3 is 14.7 Å². The molecule has 1 aliphatic carbocycles. The minimum atomic E-state index is -0.0486. The van der Waals surface area contributed by atoms with E-state index in [0.29, 0.717) is 0 Å². The number of thiophene rings is 1. The highest BCUT2D eigenvalue weighted by molar-refractivity contribution is 7.26. The van der Waals surface area contributed by atoms with Crippen LogP contribution in [0.15, 0.2) is 158 Å². The Balaban J connectivity index is 1.22. The fourth-order valence-corrected chi connectivity index (χ4v) is 12.7. The number of fused-ring (bicyclic) bond motifs is 8. The van der Waals surface area contributed by atoms with Crippen molar-refractivity contribution in [3.8, 4) is 0 Å². The number of benzene rings is 8. The van der Waals surface area contributed by atoms with Crippen LogP contribution in [0, 0.1) is 0 Å². The highest BCUT2D eigenvalue weighted by Gasteiger charge is 2.46. The van der Waals surface area contributed by atoms with Crippen LogP contribution < -0.4 is 31.1 Å². The molecule has 71 heavy (non-hydrogen) atoms. The normalized spacial score (nSPS) is 14.3. The maximum Gasteiger partial charge on any atom is 0.254 e. The molecule has 0 radical (unpaired) electrons. The number of hydrogen-bond acceptors (Lipinski definition) is 4. The summed E-state index contributed by atoms with van der Waals surface area (Å²) >= 11 is 1.95. The number of hydrogen-bond donors (Lipinski definition) is 0. The molecule has 0 saturated heterocycles. The Labute approximate surface area is 426 Å². The molecule has 0 N–H and O–H groups in total. The van der Waals surface area contributed by atoms with Crippen LogP contribution in [0.25, 0.3) is 20.9 Å². The first-order valence-corrected chi connectivity index (χ1v) is 26.6. The molecule has 3 heterocycles. The lowest BCUT2D eigenvalue weighted by Crippen LogP contribution is -2.61. The zero-order valence-corrected chi connectivity index (χ0v) is 44.6. The second-order valence-corrected chi connectivity index (χ2v) is 25.8. The van der Waals surface area contributed by atoms with Crippen molar-refractivity contribution in [2.75, 3.05) is 14.7 Å². The lowest BCUT2D eigenvalue weighted by molar-refractivity contribution is 0.590. The highest BCUT2D eigenvalue weighted by Crippen LogP contribution is 2.52. The van der Waals surface area contributed by atoms with Crippen LogP contribution in [0.2, 0.25) is 0 Å². The van der Waals surface area contributed by atoms with E-state index in [-0.39, 0.29) is 28.4 Å². The van der Waals surface area contributed by atoms with Crippen molar-refractivity contribution in [1.82, 2.24) is 0 Å². The molecule has 0 unspecified atom stereocenters. The Hall–Kier alpha value is -6.56. The number of aryl methyl sites for hydroxylation is 2. The molecule has 0 bridgehead atoms. The largest absolute Gasteiger partial charge is 0.311 e. The molecule has 12 rings (SSSR count). The monoisotopic (exact) mass is 944 g/mol. The minimum Gasteiger partial charge on any atom is -0.311 e. The summed E-state index contributed by atoms with van der Waals surface area (Å²) in [6.07, 6.45) is 2.26. The average Bonchev–Trinajstić information content (AvgIpc) is 3.69. The second-order valence-electron chi connectivity index (χ2n) is 24.7. The van der Waals surface area contributed by atoms with Gasteiger partial charge in [-0.1, -0.05) is 168 Å². The Bertz CT molecular complexity index is 3590. The van der Waals surface area contributed by atoms with Crippen LogP contribution in [0.1, 0.15) is 116 Å². The first-order chi connectivity index (χ1) is 33.7. The third kappa shape index (κ3) is 7.61. The SMILES string of the molecule is CC(C)(C)c1ccc(N2c3ccc(C(C)(C)C)cc3B3c4c2cc(N(c2ccc5c(c2)CC5)c2ccc5ccccc5c2)cc4N(c2ccc(C(C)(C)C)cc2)c2sc4ccc(C(C)(C)C)cc4c23)cc1. The summed E-state index contributed by atoms with van der Waals surface area (Å²) in [5.41, 5.74) is 21.8. The Morgan fingerprint density at radius 3 is 1.56 bits per heavy atom. The molecule has 354 valence electrons. The summed E-state index contributed by atoms with van der Waals surface area (Å²) in [5.74, 6) is 0. The topological polar surface area (TPSA) is 9.72 Å². The van der Waals surface area contributed by atoms with Crippen molar-refractivity contribution in [2.45, 2.75) is 118 Å². The Morgan fingerprint density at radius 2 is 0.958 bits per heavy atom. The van der Waals surface area contributed by atoms with Crippen LogP contribution in [-0.4, -0.2) is 6.71 Å². The van der Waals surface area contributed by atoms with Crippen LogP contribution >= 0.6 is 11.3 Å². The quantitative estimate of drug-likeness (QED) is 0.159. The first kappa shape index (κ1) is 45.6. The molecule has 5 heteroatoms. The van der Waals surface area contributed by atoms with E-state index >= 15 is 0 Å². The van der Waals surface area contributed by atoms with Crippen LogP contribution in [0.3, 0.4) is 0 Å². The van der Waals surface area contributed by atoms with Gasteiger partial charge in [0.05, 0.1) is 10.7 Å². The molecule has 0 saturated carbocycles. The van der Waals surface area contributed by atoms with Gasteiger partial charge in [-0.3, -0.25) is 0 Å². The summed E-state index contributed by atoms with van der Waals surface area (Å²) in [6, 6.07) is 61.6. The maximum absolute atomic E-state index is 2.64. The zero-order chi connectivity index (χ0) is 49.5. The standard InChI is InChI=1S/C66H66BN3S/c1-63(2,3)45-21-29-49(30-22-45)69-56-33-25-48(66(10,11)12)38-55(56)67-60-54-37-47(65(7,8)9)26-34-59(54)71-62(60)70(50-31-23-46(24-32-50)64(4,5)6)58-40-53(39-57(69)61(58)67)68(52-28-20-42-17-18-44(42)36-52)51-27-19-41-15-13-14-16-43(41)35-51/h13-16,19-40H,17-18H2,1-12H3. The molecule has 0 amide bonds. The van der Waals surface area contributed by atoms with E-state index in [1.165, 1.54) is 104 Å². The van der Waals surface area contributed by atoms with Gasteiger partial charge in [-0.05, 0) is 173 Å². The maximum atomic E-state index is 2.64. The van der Waals surface area contributed by atoms with E-state index in [1.807, 2.05) is 11.3 Å². The number of anilines is 9.